The first-order chi connectivity index (χ1) is 8.10. The predicted molar refractivity (Wildman–Crippen MR) is 76.8 cm³/mol. The van der Waals surface area contributed by atoms with Gasteiger partial charge in [0.05, 0.1) is 5.25 Å². The van der Waals surface area contributed by atoms with Crippen molar-refractivity contribution < 1.29 is 4.79 Å². The molecule has 0 unspecified atom stereocenters. The zero-order valence-corrected chi connectivity index (χ0v) is 11.8. The molecule has 17 heavy (non-hydrogen) atoms. The molecular formula is C14H21NOS. The topological polar surface area (TPSA) is 29.1 Å². The van der Waals surface area contributed by atoms with Gasteiger partial charge in [-0.1, -0.05) is 32.0 Å². The molecule has 2 nitrogen and oxygen atoms in total. The van der Waals surface area contributed by atoms with Crippen LogP contribution in [0.4, 0.5) is 5.69 Å². The van der Waals surface area contributed by atoms with Crippen LogP contribution < -0.4 is 5.32 Å². The lowest BCUT2D eigenvalue weighted by Crippen LogP contribution is -2.23. The number of hydrogen-bond donors (Lipinski definition) is 1. The summed E-state index contributed by atoms with van der Waals surface area (Å²) in [6, 6.07) is 8.06. The number of benzene rings is 1. The minimum Gasteiger partial charge on any atom is -0.325 e. The van der Waals surface area contributed by atoms with Crippen LogP contribution in [0.3, 0.4) is 0 Å². The standard InChI is InChI=1S/C14H21NOS/c1-5-10(2)12-8-6-7-9-13(12)15-14(16)11(3)17-4/h6-11H,5H2,1-4H3,(H,15,16)/t10-,11+/m0/s1. The molecule has 0 saturated carbocycles. The maximum atomic E-state index is 11.9. The summed E-state index contributed by atoms with van der Waals surface area (Å²) in [5, 5.41) is 3.00. The minimum absolute atomic E-state index is 0.0139. The first kappa shape index (κ1) is 14.1. The molecule has 3 heteroatoms. The molecule has 0 saturated heterocycles. The fourth-order valence-corrected chi connectivity index (χ4v) is 1.87. The smallest absolute Gasteiger partial charge is 0.237 e. The van der Waals surface area contributed by atoms with E-state index in [2.05, 4.69) is 25.2 Å². The Balaban J connectivity index is 2.87. The molecule has 1 N–H and O–H groups in total. The highest BCUT2D eigenvalue weighted by Gasteiger charge is 2.14. The Morgan fingerprint density at radius 2 is 2.00 bits per heavy atom. The molecule has 94 valence electrons. The lowest BCUT2D eigenvalue weighted by atomic mass is 9.97. The molecule has 0 aliphatic heterocycles. The number of amides is 1. The van der Waals surface area contributed by atoms with E-state index in [-0.39, 0.29) is 11.2 Å². The van der Waals surface area contributed by atoms with Gasteiger partial charge in [-0.25, -0.2) is 0 Å². The van der Waals surface area contributed by atoms with E-state index in [0.29, 0.717) is 5.92 Å². The van der Waals surface area contributed by atoms with Gasteiger partial charge in [0.25, 0.3) is 0 Å². The molecule has 0 radical (unpaired) electrons. The molecule has 0 spiro atoms. The van der Waals surface area contributed by atoms with Gasteiger partial charge < -0.3 is 5.32 Å². The average molecular weight is 251 g/mol. The summed E-state index contributed by atoms with van der Waals surface area (Å²) in [6.07, 6.45) is 3.02. The summed E-state index contributed by atoms with van der Waals surface area (Å²) in [6.45, 7) is 6.27. The largest absolute Gasteiger partial charge is 0.325 e. The Hall–Kier alpha value is -0.960. The molecule has 2 atom stereocenters. The summed E-state index contributed by atoms with van der Waals surface area (Å²) in [5.41, 5.74) is 2.17. The lowest BCUT2D eigenvalue weighted by Gasteiger charge is -2.17. The number of rotatable bonds is 5. The van der Waals surface area contributed by atoms with Crippen molar-refractivity contribution in [3.05, 3.63) is 29.8 Å². The number of thioether (sulfide) groups is 1. The van der Waals surface area contributed by atoms with E-state index in [0.717, 1.165) is 12.1 Å². The van der Waals surface area contributed by atoms with Crippen LogP contribution in [0, 0.1) is 0 Å². The molecule has 0 heterocycles. The maximum Gasteiger partial charge on any atom is 0.237 e. The predicted octanol–water partition coefficient (Wildman–Crippen LogP) is 3.89. The number of carbonyl (C=O) groups is 1. The van der Waals surface area contributed by atoms with Gasteiger partial charge in [-0.2, -0.15) is 11.8 Å². The zero-order chi connectivity index (χ0) is 12.8. The summed E-state index contributed by atoms with van der Waals surface area (Å²) < 4.78 is 0. The van der Waals surface area contributed by atoms with E-state index < -0.39 is 0 Å². The number of nitrogens with one attached hydrogen (secondary N) is 1. The van der Waals surface area contributed by atoms with E-state index in [1.165, 1.54) is 5.56 Å². The molecule has 1 amide bonds. The molecule has 0 aromatic heterocycles. The Morgan fingerprint density at radius 1 is 1.35 bits per heavy atom. The monoisotopic (exact) mass is 251 g/mol. The van der Waals surface area contributed by atoms with Crippen molar-refractivity contribution in [3.8, 4) is 0 Å². The fraction of sp³-hybridized carbons (Fsp3) is 0.500. The van der Waals surface area contributed by atoms with Gasteiger partial charge in [0.1, 0.15) is 0 Å². The van der Waals surface area contributed by atoms with Crippen molar-refractivity contribution in [3.63, 3.8) is 0 Å². The first-order valence-corrected chi connectivity index (χ1v) is 7.31. The highest BCUT2D eigenvalue weighted by molar-refractivity contribution is 7.99. The highest BCUT2D eigenvalue weighted by atomic mass is 32.2. The third kappa shape index (κ3) is 3.77. The van der Waals surface area contributed by atoms with E-state index in [1.54, 1.807) is 11.8 Å². The van der Waals surface area contributed by atoms with Crippen LogP contribution in [0.25, 0.3) is 0 Å². The molecular weight excluding hydrogens is 230 g/mol. The molecule has 0 aliphatic rings. The summed E-state index contributed by atoms with van der Waals surface area (Å²) >= 11 is 1.56. The highest BCUT2D eigenvalue weighted by Crippen LogP contribution is 2.26. The maximum absolute atomic E-state index is 11.9. The van der Waals surface area contributed by atoms with E-state index >= 15 is 0 Å². The number of hydrogen-bond acceptors (Lipinski definition) is 2. The molecule has 1 aromatic carbocycles. The fourth-order valence-electron chi connectivity index (χ4n) is 1.60. The van der Waals surface area contributed by atoms with E-state index in [1.807, 2.05) is 31.4 Å². The van der Waals surface area contributed by atoms with Gasteiger partial charge in [-0.05, 0) is 37.1 Å². The van der Waals surface area contributed by atoms with Crippen LogP contribution in [0.15, 0.2) is 24.3 Å². The first-order valence-electron chi connectivity index (χ1n) is 6.02. The Labute approximate surface area is 108 Å². The zero-order valence-electron chi connectivity index (χ0n) is 11.0. The van der Waals surface area contributed by atoms with Crippen LogP contribution >= 0.6 is 11.8 Å². The summed E-state index contributed by atoms with van der Waals surface area (Å²) in [5.74, 6) is 0.546. The number of anilines is 1. The SMILES string of the molecule is CC[C@H](C)c1ccccc1NC(=O)[C@@H](C)SC. The van der Waals surface area contributed by atoms with Crippen molar-refractivity contribution >= 4 is 23.4 Å². The lowest BCUT2D eigenvalue weighted by molar-refractivity contribution is -0.115. The third-order valence-corrected chi connectivity index (χ3v) is 4.01. The molecule has 1 rings (SSSR count). The van der Waals surface area contributed by atoms with E-state index in [4.69, 9.17) is 0 Å². The second kappa shape index (κ2) is 6.70. The van der Waals surface area contributed by atoms with Gasteiger partial charge >= 0.3 is 0 Å². The Bertz CT molecular complexity index is 378. The van der Waals surface area contributed by atoms with Crippen molar-refractivity contribution in [1.29, 1.82) is 0 Å². The minimum atomic E-state index is -0.0139. The van der Waals surface area contributed by atoms with Crippen LogP contribution in [-0.2, 0) is 4.79 Å². The quantitative estimate of drug-likeness (QED) is 0.860. The summed E-state index contributed by atoms with van der Waals surface area (Å²) in [7, 11) is 0. The van der Waals surface area contributed by atoms with Gasteiger partial charge in [0.15, 0.2) is 0 Å². The molecule has 0 bridgehead atoms. The van der Waals surface area contributed by atoms with Crippen molar-refractivity contribution in [2.75, 3.05) is 11.6 Å². The second-order valence-corrected chi connectivity index (χ2v) is 5.44. The molecule has 0 aliphatic carbocycles. The van der Waals surface area contributed by atoms with Crippen molar-refractivity contribution in [2.45, 2.75) is 38.4 Å². The second-order valence-electron chi connectivity index (χ2n) is 4.26. The Morgan fingerprint density at radius 3 is 2.59 bits per heavy atom. The Kier molecular flexibility index (Phi) is 5.56. The van der Waals surface area contributed by atoms with E-state index in [9.17, 15) is 4.79 Å². The van der Waals surface area contributed by atoms with Crippen LogP contribution in [0.5, 0.6) is 0 Å². The van der Waals surface area contributed by atoms with Crippen LogP contribution in [0.1, 0.15) is 38.7 Å². The van der Waals surface area contributed by atoms with Gasteiger partial charge in [0.2, 0.25) is 5.91 Å². The molecule has 1 aromatic rings. The van der Waals surface area contributed by atoms with Crippen molar-refractivity contribution in [2.24, 2.45) is 0 Å². The van der Waals surface area contributed by atoms with Gasteiger partial charge in [0, 0.05) is 5.69 Å². The van der Waals surface area contributed by atoms with Crippen LogP contribution in [0.2, 0.25) is 0 Å². The summed E-state index contributed by atoms with van der Waals surface area (Å²) in [4.78, 5) is 11.9. The van der Waals surface area contributed by atoms with Gasteiger partial charge in [-0.15, -0.1) is 0 Å². The number of carbonyl (C=O) groups excluding carboxylic acids is 1. The third-order valence-electron chi connectivity index (χ3n) is 3.08. The van der Waals surface area contributed by atoms with Crippen LogP contribution in [-0.4, -0.2) is 17.4 Å². The number of para-hydroxylation sites is 1. The normalized spacial score (nSPS) is 14.1. The van der Waals surface area contributed by atoms with Crippen molar-refractivity contribution in [1.82, 2.24) is 0 Å². The molecule has 0 fully saturated rings. The van der Waals surface area contributed by atoms with Gasteiger partial charge in [-0.3, -0.25) is 4.79 Å². The average Bonchev–Trinajstić information content (AvgIpc) is 2.37.